The molecule has 0 aromatic heterocycles. The van der Waals surface area contributed by atoms with Gasteiger partial charge in [0.05, 0.1) is 19.1 Å². The van der Waals surface area contributed by atoms with Gasteiger partial charge in [-0.3, -0.25) is 4.79 Å². The fourth-order valence-corrected chi connectivity index (χ4v) is 3.28. The minimum atomic E-state index is -0.00667. The maximum Gasteiger partial charge on any atom is 0.222 e. The maximum absolute atomic E-state index is 12.1. The van der Waals surface area contributed by atoms with Crippen LogP contribution in [0.4, 0.5) is 0 Å². The summed E-state index contributed by atoms with van der Waals surface area (Å²) < 4.78 is 5.59. The van der Waals surface area contributed by atoms with E-state index < -0.39 is 0 Å². The normalized spacial score (nSPS) is 17.4. The van der Waals surface area contributed by atoms with Gasteiger partial charge in [-0.2, -0.15) is 0 Å². The van der Waals surface area contributed by atoms with Gasteiger partial charge in [-0.05, 0) is 17.5 Å². The number of hydrogen-bond donors (Lipinski definition) is 2. The summed E-state index contributed by atoms with van der Waals surface area (Å²) in [6.07, 6.45) is 1.30. The number of ether oxygens (including phenoxy) is 1. The van der Waals surface area contributed by atoms with E-state index in [1.807, 2.05) is 12.1 Å². The smallest absolute Gasteiger partial charge is 0.222 e. The van der Waals surface area contributed by atoms with E-state index in [0.717, 1.165) is 19.5 Å². The molecule has 4 heteroatoms. The van der Waals surface area contributed by atoms with Crippen LogP contribution in [-0.2, 0) is 9.53 Å². The Morgan fingerprint density at radius 2 is 1.72 bits per heavy atom. The van der Waals surface area contributed by atoms with Gasteiger partial charge in [-0.1, -0.05) is 60.7 Å². The highest BCUT2D eigenvalue weighted by Gasteiger charge is 2.18. The monoisotopic (exact) mass is 338 g/mol. The van der Waals surface area contributed by atoms with Crippen molar-refractivity contribution < 1.29 is 9.53 Å². The Morgan fingerprint density at radius 1 is 1.08 bits per heavy atom. The van der Waals surface area contributed by atoms with Crippen LogP contribution in [-0.4, -0.2) is 38.3 Å². The van der Waals surface area contributed by atoms with Crippen LogP contribution in [0, 0.1) is 0 Å². The van der Waals surface area contributed by atoms with E-state index in [1.165, 1.54) is 11.1 Å². The minimum Gasteiger partial charge on any atom is -0.375 e. The molecule has 1 amide bonds. The lowest BCUT2D eigenvalue weighted by Gasteiger charge is -2.23. The van der Waals surface area contributed by atoms with Crippen LogP contribution in [0.2, 0.25) is 0 Å². The van der Waals surface area contributed by atoms with Gasteiger partial charge in [-0.25, -0.2) is 0 Å². The zero-order valence-corrected chi connectivity index (χ0v) is 14.5. The Labute approximate surface area is 149 Å². The van der Waals surface area contributed by atoms with Crippen LogP contribution in [0.1, 0.15) is 29.9 Å². The molecule has 0 radical (unpaired) electrons. The first kappa shape index (κ1) is 17.6. The van der Waals surface area contributed by atoms with Gasteiger partial charge in [-0.15, -0.1) is 0 Å². The molecule has 1 fully saturated rings. The number of amides is 1. The summed E-state index contributed by atoms with van der Waals surface area (Å²) in [7, 11) is 0. The molecular formula is C21H26N2O2. The first-order chi connectivity index (χ1) is 12.3. The number of nitrogens with one attached hydrogen (secondary N) is 2. The summed E-state index contributed by atoms with van der Waals surface area (Å²) in [5.74, 6) is 0.351. The van der Waals surface area contributed by atoms with E-state index in [4.69, 9.17) is 4.74 Å². The van der Waals surface area contributed by atoms with Crippen molar-refractivity contribution in [2.45, 2.75) is 24.9 Å². The van der Waals surface area contributed by atoms with Crippen LogP contribution in [0.5, 0.6) is 0 Å². The Bertz CT molecular complexity index is 600. The molecule has 2 aromatic carbocycles. The zero-order chi connectivity index (χ0) is 17.3. The van der Waals surface area contributed by atoms with Gasteiger partial charge in [0, 0.05) is 25.6 Å². The number of morpholine rings is 1. The highest BCUT2D eigenvalue weighted by Crippen LogP contribution is 2.27. The first-order valence-electron chi connectivity index (χ1n) is 9.02. The molecular weight excluding hydrogens is 312 g/mol. The number of rotatable bonds is 7. The van der Waals surface area contributed by atoms with E-state index in [-0.39, 0.29) is 17.9 Å². The summed E-state index contributed by atoms with van der Waals surface area (Å²) in [5, 5.41) is 6.31. The molecule has 0 spiro atoms. The molecule has 4 nitrogen and oxygen atoms in total. The molecule has 3 rings (SSSR count). The molecule has 1 aliphatic rings. The van der Waals surface area contributed by atoms with E-state index in [1.54, 1.807) is 0 Å². The molecule has 132 valence electrons. The Morgan fingerprint density at radius 3 is 2.28 bits per heavy atom. The van der Waals surface area contributed by atoms with Crippen LogP contribution < -0.4 is 10.6 Å². The van der Waals surface area contributed by atoms with Crippen molar-refractivity contribution in [1.82, 2.24) is 10.6 Å². The van der Waals surface area contributed by atoms with Gasteiger partial charge < -0.3 is 15.4 Å². The molecule has 2 N–H and O–H groups in total. The fraction of sp³-hybridized carbons (Fsp3) is 0.381. The topological polar surface area (TPSA) is 50.4 Å². The molecule has 0 aliphatic carbocycles. The summed E-state index contributed by atoms with van der Waals surface area (Å²) in [6, 6.07) is 20.9. The average Bonchev–Trinajstić information content (AvgIpc) is 2.67. The summed E-state index contributed by atoms with van der Waals surface area (Å²) in [5.41, 5.74) is 2.56. The van der Waals surface area contributed by atoms with Crippen LogP contribution >= 0.6 is 0 Å². The molecule has 0 bridgehead atoms. The van der Waals surface area contributed by atoms with Crippen LogP contribution in [0.3, 0.4) is 0 Å². The molecule has 1 atom stereocenters. The van der Waals surface area contributed by atoms with Crippen molar-refractivity contribution >= 4 is 5.91 Å². The first-order valence-corrected chi connectivity index (χ1v) is 9.02. The molecule has 1 saturated heterocycles. The Balaban J connectivity index is 1.55. The van der Waals surface area contributed by atoms with Crippen molar-refractivity contribution in [3.05, 3.63) is 71.8 Å². The molecule has 1 aliphatic heterocycles. The maximum atomic E-state index is 12.1. The third-order valence-corrected chi connectivity index (χ3v) is 4.58. The standard InChI is InChI=1S/C21H26N2O2/c24-21(15-19-16-22-13-14-25-19)23-12-11-20(17-7-3-1-4-8-17)18-9-5-2-6-10-18/h1-10,19-20,22H,11-16H2,(H,23,24)/t19-/m0/s1. The van der Waals surface area contributed by atoms with Gasteiger partial charge in [0.1, 0.15) is 0 Å². The predicted octanol–water partition coefficient (Wildman–Crippen LogP) is 2.70. The van der Waals surface area contributed by atoms with Crippen LogP contribution in [0.15, 0.2) is 60.7 Å². The summed E-state index contributed by atoms with van der Waals surface area (Å²) in [4.78, 5) is 12.1. The quantitative estimate of drug-likeness (QED) is 0.816. The van der Waals surface area contributed by atoms with Crippen molar-refractivity contribution in [3.8, 4) is 0 Å². The van der Waals surface area contributed by atoms with Crippen molar-refractivity contribution in [3.63, 3.8) is 0 Å². The molecule has 25 heavy (non-hydrogen) atoms. The lowest BCUT2D eigenvalue weighted by molar-refractivity contribution is -0.124. The highest BCUT2D eigenvalue weighted by molar-refractivity contribution is 5.76. The average molecular weight is 338 g/mol. The largest absolute Gasteiger partial charge is 0.375 e. The van der Waals surface area contributed by atoms with Crippen molar-refractivity contribution in [2.75, 3.05) is 26.2 Å². The lowest BCUT2D eigenvalue weighted by atomic mass is 9.88. The van der Waals surface area contributed by atoms with E-state index in [0.29, 0.717) is 19.6 Å². The van der Waals surface area contributed by atoms with Crippen LogP contribution in [0.25, 0.3) is 0 Å². The zero-order valence-electron chi connectivity index (χ0n) is 14.5. The molecule has 2 aromatic rings. The third kappa shape index (κ3) is 5.41. The fourth-order valence-electron chi connectivity index (χ4n) is 3.28. The molecule has 1 heterocycles. The Kier molecular flexibility index (Phi) is 6.60. The number of benzene rings is 2. The second-order valence-corrected chi connectivity index (χ2v) is 6.41. The summed E-state index contributed by atoms with van der Waals surface area (Å²) >= 11 is 0. The summed E-state index contributed by atoms with van der Waals surface area (Å²) in [6.45, 7) is 2.97. The van der Waals surface area contributed by atoms with Gasteiger partial charge >= 0.3 is 0 Å². The van der Waals surface area contributed by atoms with E-state index >= 15 is 0 Å². The van der Waals surface area contributed by atoms with E-state index in [9.17, 15) is 4.79 Å². The number of carbonyl (C=O) groups excluding carboxylic acids is 1. The van der Waals surface area contributed by atoms with Gasteiger partial charge in [0.25, 0.3) is 0 Å². The van der Waals surface area contributed by atoms with E-state index in [2.05, 4.69) is 59.2 Å². The SMILES string of the molecule is O=C(C[C@H]1CNCCO1)NCCC(c1ccccc1)c1ccccc1. The molecule has 0 saturated carbocycles. The number of carbonyl (C=O) groups is 1. The van der Waals surface area contributed by atoms with Gasteiger partial charge in [0.15, 0.2) is 0 Å². The van der Waals surface area contributed by atoms with Crippen molar-refractivity contribution in [1.29, 1.82) is 0 Å². The Hall–Kier alpha value is -2.17. The van der Waals surface area contributed by atoms with Crippen molar-refractivity contribution in [2.24, 2.45) is 0 Å². The lowest BCUT2D eigenvalue weighted by Crippen LogP contribution is -2.41. The third-order valence-electron chi connectivity index (χ3n) is 4.58. The predicted molar refractivity (Wildman–Crippen MR) is 99.6 cm³/mol. The number of hydrogen-bond acceptors (Lipinski definition) is 3. The highest BCUT2D eigenvalue weighted by atomic mass is 16.5. The second-order valence-electron chi connectivity index (χ2n) is 6.41. The van der Waals surface area contributed by atoms with Gasteiger partial charge in [0.2, 0.25) is 5.91 Å². The minimum absolute atomic E-state index is 0.00667. The second kappa shape index (κ2) is 9.35. The molecule has 0 unspecified atom stereocenters.